The number of ether oxygens (including phenoxy) is 2. The van der Waals surface area contributed by atoms with Crippen molar-refractivity contribution in [1.82, 2.24) is 10.1 Å². The Hall–Kier alpha value is -3.06. The van der Waals surface area contributed by atoms with E-state index in [0.29, 0.717) is 27.8 Å². The van der Waals surface area contributed by atoms with Crippen molar-refractivity contribution in [1.29, 1.82) is 0 Å². The fourth-order valence-corrected chi connectivity index (χ4v) is 2.50. The van der Waals surface area contributed by atoms with E-state index in [1.54, 1.807) is 56.7 Å². The van der Waals surface area contributed by atoms with Crippen molar-refractivity contribution in [3.63, 3.8) is 0 Å². The van der Waals surface area contributed by atoms with Crippen LogP contribution < -0.4 is 14.8 Å². The Bertz CT molecular complexity index is 926. The largest absolute Gasteiger partial charge is 0.493 e. The highest BCUT2D eigenvalue weighted by Crippen LogP contribution is 2.31. The summed E-state index contributed by atoms with van der Waals surface area (Å²) in [5, 5.41) is 7.01. The van der Waals surface area contributed by atoms with Gasteiger partial charge in [-0.25, -0.2) is 0 Å². The molecular formula is C18H16ClN3O4. The molecule has 0 aliphatic carbocycles. The zero-order valence-corrected chi connectivity index (χ0v) is 14.9. The van der Waals surface area contributed by atoms with Crippen LogP contribution >= 0.6 is 11.6 Å². The second-order valence-corrected chi connectivity index (χ2v) is 5.70. The number of halogens is 1. The topological polar surface area (TPSA) is 86.5 Å². The molecule has 26 heavy (non-hydrogen) atoms. The molecule has 7 nitrogen and oxygen atoms in total. The van der Waals surface area contributed by atoms with Crippen LogP contribution in [0.3, 0.4) is 0 Å². The van der Waals surface area contributed by atoms with E-state index in [1.165, 1.54) is 0 Å². The number of anilines is 1. The van der Waals surface area contributed by atoms with E-state index in [2.05, 4.69) is 15.5 Å². The quantitative estimate of drug-likeness (QED) is 0.710. The smallest absolute Gasteiger partial charge is 0.258 e. The highest BCUT2D eigenvalue weighted by molar-refractivity contribution is 6.33. The first-order chi connectivity index (χ1) is 12.6. The van der Waals surface area contributed by atoms with Gasteiger partial charge < -0.3 is 19.3 Å². The average Bonchev–Trinajstić information content (AvgIpc) is 3.11. The molecule has 1 N–H and O–H groups in total. The van der Waals surface area contributed by atoms with Crippen LogP contribution in [0.25, 0.3) is 11.5 Å². The van der Waals surface area contributed by atoms with Gasteiger partial charge >= 0.3 is 0 Å². The van der Waals surface area contributed by atoms with Gasteiger partial charge in [-0.05, 0) is 30.3 Å². The summed E-state index contributed by atoms with van der Waals surface area (Å²) < 4.78 is 15.7. The number of benzene rings is 2. The van der Waals surface area contributed by atoms with E-state index in [9.17, 15) is 4.79 Å². The first-order valence-corrected chi connectivity index (χ1v) is 8.08. The first kappa shape index (κ1) is 17.8. The summed E-state index contributed by atoms with van der Waals surface area (Å²) in [6, 6.07) is 12.2. The number of para-hydroxylation sites is 1. The molecule has 8 heteroatoms. The lowest BCUT2D eigenvalue weighted by molar-refractivity contribution is -0.115. The Morgan fingerprint density at radius 1 is 1.15 bits per heavy atom. The lowest BCUT2D eigenvalue weighted by Gasteiger charge is -2.07. The minimum Gasteiger partial charge on any atom is -0.493 e. The van der Waals surface area contributed by atoms with Crippen LogP contribution in [0.4, 0.5) is 5.69 Å². The molecule has 1 heterocycles. The van der Waals surface area contributed by atoms with Crippen molar-refractivity contribution in [2.45, 2.75) is 6.42 Å². The minimum atomic E-state index is -0.294. The molecule has 0 radical (unpaired) electrons. The number of carbonyl (C=O) groups excluding carboxylic acids is 1. The summed E-state index contributed by atoms with van der Waals surface area (Å²) in [5.41, 5.74) is 1.19. The van der Waals surface area contributed by atoms with Crippen LogP contribution in [0.5, 0.6) is 11.5 Å². The molecule has 134 valence electrons. The number of hydrogen-bond acceptors (Lipinski definition) is 6. The Balaban J connectivity index is 1.72. The van der Waals surface area contributed by atoms with Gasteiger partial charge in [0.1, 0.15) is 0 Å². The zero-order valence-electron chi connectivity index (χ0n) is 14.2. The number of nitrogens with zero attached hydrogens (tertiary/aromatic N) is 2. The van der Waals surface area contributed by atoms with Gasteiger partial charge in [0.05, 0.1) is 31.4 Å². The van der Waals surface area contributed by atoms with Crippen LogP contribution in [0.1, 0.15) is 5.82 Å². The summed E-state index contributed by atoms with van der Waals surface area (Å²) in [7, 11) is 3.10. The lowest BCUT2D eigenvalue weighted by atomic mass is 10.2. The van der Waals surface area contributed by atoms with Gasteiger partial charge in [-0.15, -0.1) is 0 Å². The Kier molecular flexibility index (Phi) is 5.38. The number of methoxy groups -OCH3 is 2. The Labute approximate surface area is 154 Å². The predicted octanol–water partition coefficient (Wildman–Crippen LogP) is 3.59. The second-order valence-electron chi connectivity index (χ2n) is 5.29. The number of hydrogen-bond donors (Lipinski definition) is 1. The van der Waals surface area contributed by atoms with Crippen LogP contribution in [0.15, 0.2) is 47.0 Å². The third-order valence-corrected chi connectivity index (χ3v) is 3.89. The van der Waals surface area contributed by atoms with Gasteiger partial charge in [-0.1, -0.05) is 28.9 Å². The monoisotopic (exact) mass is 373 g/mol. The maximum atomic E-state index is 12.1. The van der Waals surface area contributed by atoms with Crippen LogP contribution in [0.2, 0.25) is 5.02 Å². The molecule has 3 aromatic rings. The Morgan fingerprint density at radius 2 is 1.92 bits per heavy atom. The number of aromatic nitrogens is 2. The van der Waals surface area contributed by atoms with Crippen molar-refractivity contribution < 1.29 is 18.8 Å². The molecule has 0 aliphatic rings. The van der Waals surface area contributed by atoms with Crippen LogP contribution in [-0.4, -0.2) is 30.3 Å². The van der Waals surface area contributed by atoms with Gasteiger partial charge in [0.2, 0.25) is 5.91 Å². The molecule has 0 aliphatic heterocycles. The third kappa shape index (κ3) is 3.94. The normalized spacial score (nSPS) is 10.4. The average molecular weight is 374 g/mol. The SMILES string of the molecule is COc1ccc(-c2nc(CC(=O)Nc3ccccc3Cl)no2)cc1OC. The highest BCUT2D eigenvalue weighted by atomic mass is 35.5. The summed E-state index contributed by atoms with van der Waals surface area (Å²) in [6.45, 7) is 0. The molecular weight excluding hydrogens is 358 g/mol. The van der Waals surface area contributed by atoms with Crippen molar-refractivity contribution in [3.05, 3.63) is 53.3 Å². The van der Waals surface area contributed by atoms with Crippen molar-refractivity contribution in [2.24, 2.45) is 0 Å². The van der Waals surface area contributed by atoms with Gasteiger partial charge in [-0.2, -0.15) is 4.98 Å². The van der Waals surface area contributed by atoms with Crippen molar-refractivity contribution in [2.75, 3.05) is 19.5 Å². The van der Waals surface area contributed by atoms with Gasteiger partial charge in [0.15, 0.2) is 17.3 Å². The van der Waals surface area contributed by atoms with Crippen LogP contribution in [0, 0.1) is 0 Å². The standard InChI is InChI=1S/C18H16ClN3O4/c1-24-14-8-7-11(9-15(14)25-2)18-21-16(22-26-18)10-17(23)20-13-6-4-3-5-12(13)19/h3-9H,10H2,1-2H3,(H,20,23). The molecule has 2 aromatic carbocycles. The molecule has 0 fully saturated rings. The molecule has 0 saturated heterocycles. The van der Waals surface area contributed by atoms with Crippen LogP contribution in [-0.2, 0) is 11.2 Å². The second kappa shape index (κ2) is 7.88. The van der Waals surface area contributed by atoms with E-state index < -0.39 is 0 Å². The maximum absolute atomic E-state index is 12.1. The number of nitrogens with one attached hydrogen (secondary N) is 1. The van der Waals surface area contributed by atoms with Crippen molar-refractivity contribution >= 4 is 23.2 Å². The highest BCUT2D eigenvalue weighted by Gasteiger charge is 2.15. The Morgan fingerprint density at radius 3 is 2.65 bits per heavy atom. The van der Waals surface area contributed by atoms with E-state index in [0.717, 1.165) is 0 Å². The molecule has 1 amide bonds. The zero-order chi connectivity index (χ0) is 18.5. The fraction of sp³-hybridized carbons (Fsp3) is 0.167. The molecule has 1 aromatic heterocycles. The minimum absolute atomic E-state index is 0.0397. The van der Waals surface area contributed by atoms with Gasteiger partial charge in [0, 0.05) is 5.56 Å². The first-order valence-electron chi connectivity index (χ1n) is 7.70. The lowest BCUT2D eigenvalue weighted by Crippen LogP contribution is -2.15. The predicted molar refractivity (Wildman–Crippen MR) is 96.6 cm³/mol. The molecule has 0 saturated carbocycles. The van der Waals surface area contributed by atoms with Gasteiger partial charge in [0.25, 0.3) is 5.89 Å². The summed E-state index contributed by atoms with van der Waals surface area (Å²) in [4.78, 5) is 16.4. The fourth-order valence-electron chi connectivity index (χ4n) is 2.31. The molecule has 0 bridgehead atoms. The number of rotatable bonds is 6. The number of carbonyl (C=O) groups is 1. The van der Waals surface area contributed by atoms with Crippen molar-refractivity contribution in [3.8, 4) is 23.0 Å². The van der Waals surface area contributed by atoms with E-state index in [-0.39, 0.29) is 24.0 Å². The molecule has 3 rings (SSSR count). The van der Waals surface area contributed by atoms with Gasteiger partial charge in [-0.3, -0.25) is 4.79 Å². The molecule has 0 atom stereocenters. The third-order valence-electron chi connectivity index (χ3n) is 3.57. The number of amides is 1. The summed E-state index contributed by atoms with van der Waals surface area (Å²) >= 11 is 6.02. The van der Waals surface area contributed by atoms with E-state index in [4.69, 9.17) is 25.6 Å². The van der Waals surface area contributed by atoms with E-state index in [1.807, 2.05) is 0 Å². The molecule has 0 spiro atoms. The summed E-state index contributed by atoms with van der Waals surface area (Å²) in [6.07, 6.45) is -0.0397. The van der Waals surface area contributed by atoms with E-state index >= 15 is 0 Å². The summed E-state index contributed by atoms with van der Waals surface area (Å²) in [5.74, 6) is 1.39. The maximum Gasteiger partial charge on any atom is 0.258 e. The molecule has 0 unspecified atom stereocenters.